The molecule has 0 aliphatic carbocycles. The standard InChI is InChI=1S/C12H14BrNO2/c1-3-14(4-2)12(16)11(15)9-6-5-7-10(13)8-9/h5-8H,3-4H2,1-2H3. The van der Waals surface area contributed by atoms with Crippen LogP contribution in [0.4, 0.5) is 0 Å². The Kier molecular flexibility index (Phi) is 4.68. The quantitative estimate of drug-likeness (QED) is 0.629. The van der Waals surface area contributed by atoms with E-state index in [9.17, 15) is 9.59 Å². The van der Waals surface area contributed by atoms with E-state index in [4.69, 9.17) is 0 Å². The van der Waals surface area contributed by atoms with Gasteiger partial charge in [0.05, 0.1) is 0 Å². The summed E-state index contributed by atoms with van der Waals surface area (Å²) in [6, 6.07) is 6.86. The van der Waals surface area contributed by atoms with Gasteiger partial charge in [-0.15, -0.1) is 0 Å². The van der Waals surface area contributed by atoms with Crippen LogP contribution in [0.2, 0.25) is 0 Å². The molecular weight excluding hydrogens is 270 g/mol. The Morgan fingerprint density at radius 3 is 2.38 bits per heavy atom. The third kappa shape index (κ3) is 2.92. The molecule has 4 heteroatoms. The SMILES string of the molecule is CCN(CC)C(=O)C(=O)c1cccc(Br)c1. The topological polar surface area (TPSA) is 37.4 Å². The first-order chi connectivity index (χ1) is 7.60. The molecule has 3 nitrogen and oxygen atoms in total. The van der Waals surface area contributed by atoms with Crippen LogP contribution in [-0.4, -0.2) is 29.7 Å². The minimum atomic E-state index is -0.454. The van der Waals surface area contributed by atoms with Crippen LogP contribution < -0.4 is 0 Å². The highest BCUT2D eigenvalue weighted by Gasteiger charge is 2.20. The molecule has 1 amide bonds. The van der Waals surface area contributed by atoms with Gasteiger partial charge in [0.25, 0.3) is 5.91 Å². The van der Waals surface area contributed by atoms with Crippen molar-refractivity contribution >= 4 is 27.6 Å². The molecule has 0 atom stereocenters. The van der Waals surface area contributed by atoms with Crippen molar-refractivity contribution in [1.82, 2.24) is 4.90 Å². The average Bonchev–Trinajstić information content (AvgIpc) is 2.29. The third-order valence-electron chi connectivity index (χ3n) is 2.33. The second-order valence-corrected chi connectivity index (χ2v) is 4.23. The summed E-state index contributed by atoms with van der Waals surface area (Å²) in [5.74, 6) is -0.895. The normalized spacial score (nSPS) is 9.94. The van der Waals surface area contributed by atoms with E-state index in [0.717, 1.165) is 4.47 Å². The fraction of sp³-hybridized carbons (Fsp3) is 0.333. The molecule has 0 aliphatic rings. The molecule has 0 aliphatic heterocycles. The first-order valence-corrected chi connectivity index (χ1v) is 5.98. The summed E-state index contributed by atoms with van der Waals surface area (Å²) < 4.78 is 0.797. The molecule has 1 rings (SSSR count). The molecule has 0 unspecified atom stereocenters. The van der Waals surface area contributed by atoms with Gasteiger partial charge in [-0.3, -0.25) is 9.59 Å². The number of carbonyl (C=O) groups excluding carboxylic acids is 2. The van der Waals surface area contributed by atoms with E-state index >= 15 is 0 Å². The van der Waals surface area contributed by atoms with Crippen LogP contribution >= 0.6 is 15.9 Å². The van der Waals surface area contributed by atoms with Gasteiger partial charge in [0.2, 0.25) is 5.78 Å². The summed E-state index contributed by atoms with van der Waals surface area (Å²) in [5, 5.41) is 0. The van der Waals surface area contributed by atoms with Gasteiger partial charge in [-0.25, -0.2) is 0 Å². The van der Waals surface area contributed by atoms with Gasteiger partial charge >= 0.3 is 0 Å². The maximum Gasteiger partial charge on any atom is 0.294 e. The molecule has 16 heavy (non-hydrogen) atoms. The molecule has 1 aromatic rings. The zero-order valence-electron chi connectivity index (χ0n) is 9.37. The van der Waals surface area contributed by atoms with Crippen LogP contribution in [0.15, 0.2) is 28.7 Å². The van der Waals surface area contributed by atoms with Gasteiger partial charge in [0.15, 0.2) is 0 Å². The Balaban J connectivity index is 2.90. The molecule has 0 N–H and O–H groups in total. The maximum absolute atomic E-state index is 11.8. The molecule has 86 valence electrons. The van der Waals surface area contributed by atoms with Gasteiger partial charge in [-0.1, -0.05) is 28.1 Å². The van der Waals surface area contributed by atoms with E-state index in [-0.39, 0.29) is 0 Å². The van der Waals surface area contributed by atoms with Gasteiger partial charge in [-0.05, 0) is 26.0 Å². The van der Waals surface area contributed by atoms with Gasteiger partial charge in [0, 0.05) is 23.1 Å². The lowest BCUT2D eigenvalue weighted by atomic mass is 10.1. The van der Waals surface area contributed by atoms with Crippen molar-refractivity contribution in [3.63, 3.8) is 0 Å². The largest absolute Gasteiger partial charge is 0.336 e. The number of rotatable bonds is 4. The Labute approximate surface area is 104 Å². The zero-order valence-corrected chi connectivity index (χ0v) is 11.0. The second-order valence-electron chi connectivity index (χ2n) is 3.32. The number of halogens is 1. The summed E-state index contributed by atoms with van der Waals surface area (Å²) in [5.41, 5.74) is 0.422. The van der Waals surface area contributed by atoms with Crippen LogP contribution in [0, 0.1) is 0 Å². The Hall–Kier alpha value is -1.16. The van der Waals surface area contributed by atoms with Crippen LogP contribution in [0.3, 0.4) is 0 Å². The van der Waals surface area contributed by atoms with Crippen molar-refractivity contribution in [2.24, 2.45) is 0 Å². The van der Waals surface area contributed by atoms with E-state index in [2.05, 4.69) is 15.9 Å². The summed E-state index contributed by atoms with van der Waals surface area (Å²) in [7, 11) is 0. The molecule has 0 radical (unpaired) electrons. The van der Waals surface area contributed by atoms with Crippen molar-refractivity contribution in [3.05, 3.63) is 34.3 Å². The number of benzene rings is 1. The highest BCUT2D eigenvalue weighted by Crippen LogP contribution is 2.12. The fourth-order valence-electron chi connectivity index (χ4n) is 1.41. The van der Waals surface area contributed by atoms with Crippen molar-refractivity contribution in [2.45, 2.75) is 13.8 Å². The number of nitrogens with zero attached hydrogens (tertiary/aromatic N) is 1. The molecular formula is C12H14BrNO2. The molecule has 0 spiro atoms. The average molecular weight is 284 g/mol. The number of hydrogen-bond acceptors (Lipinski definition) is 2. The second kappa shape index (κ2) is 5.80. The minimum absolute atomic E-state index is 0.422. The molecule has 0 aromatic heterocycles. The number of Topliss-reactive ketones (excluding diaryl/α,β-unsaturated/α-hetero) is 1. The van der Waals surface area contributed by atoms with Gasteiger partial charge < -0.3 is 4.90 Å². The lowest BCUT2D eigenvalue weighted by molar-refractivity contribution is -0.126. The van der Waals surface area contributed by atoms with Crippen LogP contribution in [0.5, 0.6) is 0 Å². The lowest BCUT2D eigenvalue weighted by Crippen LogP contribution is -2.36. The van der Waals surface area contributed by atoms with E-state index in [1.807, 2.05) is 19.9 Å². The first kappa shape index (κ1) is 12.9. The minimum Gasteiger partial charge on any atom is -0.336 e. The van der Waals surface area contributed by atoms with E-state index in [1.54, 1.807) is 18.2 Å². The summed E-state index contributed by atoms with van der Waals surface area (Å²) in [4.78, 5) is 25.1. The monoisotopic (exact) mass is 283 g/mol. The highest BCUT2D eigenvalue weighted by molar-refractivity contribution is 9.10. The van der Waals surface area contributed by atoms with Crippen LogP contribution in [0.1, 0.15) is 24.2 Å². The summed E-state index contributed by atoms with van der Waals surface area (Å²) in [6.45, 7) is 4.81. The zero-order chi connectivity index (χ0) is 12.1. The van der Waals surface area contributed by atoms with Crippen molar-refractivity contribution in [3.8, 4) is 0 Å². The highest BCUT2D eigenvalue weighted by atomic mass is 79.9. The molecule has 0 saturated carbocycles. The van der Waals surface area contributed by atoms with Gasteiger partial charge in [0.1, 0.15) is 0 Å². The number of hydrogen-bond donors (Lipinski definition) is 0. The Morgan fingerprint density at radius 2 is 1.88 bits per heavy atom. The van der Waals surface area contributed by atoms with Crippen LogP contribution in [0.25, 0.3) is 0 Å². The Morgan fingerprint density at radius 1 is 1.25 bits per heavy atom. The molecule has 0 fully saturated rings. The summed E-state index contributed by atoms with van der Waals surface area (Å²) >= 11 is 3.27. The third-order valence-corrected chi connectivity index (χ3v) is 2.82. The number of likely N-dealkylation sites (N-methyl/N-ethyl adjacent to an activating group) is 1. The fourth-order valence-corrected chi connectivity index (χ4v) is 1.81. The number of ketones is 1. The van der Waals surface area contributed by atoms with Crippen molar-refractivity contribution < 1.29 is 9.59 Å². The van der Waals surface area contributed by atoms with Crippen molar-refractivity contribution in [2.75, 3.05) is 13.1 Å². The lowest BCUT2D eigenvalue weighted by Gasteiger charge is -2.17. The smallest absolute Gasteiger partial charge is 0.294 e. The molecule has 0 saturated heterocycles. The predicted molar refractivity (Wildman–Crippen MR) is 66.4 cm³/mol. The van der Waals surface area contributed by atoms with Crippen molar-refractivity contribution in [1.29, 1.82) is 0 Å². The molecule has 0 heterocycles. The van der Waals surface area contributed by atoms with E-state index in [1.165, 1.54) is 4.90 Å². The van der Waals surface area contributed by atoms with E-state index in [0.29, 0.717) is 18.7 Å². The molecule has 1 aromatic carbocycles. The Bertz CT molecular complexity index is 400. The number of amides is 1. The first-order valence-electron chi connectivity index (χ1n) is 5.19. The molecule has 0 bridgehead atoms. The number of carbonyl (C=O) groups is 2. The maximum atomic E-state index is 11.8. The van der Waals surface area contributed by atoms with Crippen LogP contribution in [-0.2, 0) is 4.79 Å². The summed E-state index contributed by atoms with van der Waals surface area (Å²) in [6.07, 6.45) is 0. The van der Waals surface area contributed by atoms with E-state index < -0.39 is 11.7 Å². The van der Waals surface area contributed by atoms with Gasteiger partial charge in [-0.2, -0.15) is 0 Å². The predicted octanol–water partition coefficient (Wildman–Crippen LogP) is 2.50.